The van der Waals surface area contributed by atoms with Crippen molar-refractivity contribution >= 4 is 47.4 Å². The third-order valence-electron chi connectivity index (χ3n) is 1.80. The van der Waals surface area contributed by atoms with E-state index in [-0.39, 0.29) is 6.42 Å². The van der Waals surface area contributed by atoms with Crippen LogP contribution in [0, 0.1) is 0 Å². The Morgan fingerprint density at radius 3 is 1.37 bits per heavy atom. The van der Waals surface area contributed by atoms with Gasteiger partial charge >= 0.3 is 11.9 Å². The number of carbonyl (C=O) groups excluding carboxylic acids is 2. The second-order valence-electron chi connectivity index (χ2n) is 3.30. The third kappa shape index (κ3) is 8.59. The van der Waals surface area contributed by atoms with Crippen LogP contribution < -0.4 is 0 Å². The molecule has 108 valence electrons. The summed E-state index contributed by atoms with van der Waals surface area (Å²) in [7, 11) is 0. The monoisotopic (exact) mass is 312 g/mol. The summed E-state index contributed by atoms with van der Waals surface area (Å²) < 4.78 is 9.43. The van der Waals surface area contributed by atoms with Crippen molar-refractivity contribution in [2.45, 2.75) is 18.6 Å². The Bertz CT molecular complexity index is 335. The quantitative estimate of drug-likeness (QED) is 0.387. The van der Waals surface area contributed by atoms with Crippen LogP contribution in [0.25, 0.3) is 0 Å². The van der Waals surface area contributed by atoms with Gasteiger partial charge in [0.15, 0.2) is 0 Å². The number of hydrogen-bond acceptors (Lipinski definition) is 6. The molecule has 0 bridgehead atoms. The second kappa shape index (κ2) is 8.91. The van der Waals surface area contributed by atoms with Crippen LogP contribution >= 0.6 is 25.3 Å². The van der Waals surface area contributed by atoms with Crippen LogP contribution in [0.4, 0.5) is 0 Å². The van der Waals surface area contributed by atoms with Gasteiger partial charge in [0.2, 0.25) is 10.2 Å². The van der Waals surface area contributed by atoms with Gasteiger partial charge in [0.25, 0.3) is 0 Å². The second-order valence-corrected chi connectivity index (χ2v) is 4.18. The average Bonchev–Trinajstić information content (AvgIpc) is 2.26. The summed E-state index contributed by atoms with van der Waals surface area (Å²) in [5.74, 6) is -2.61. The van der Waals surface area contributed by atoms with Crippen molar-refractivity contribution < 1.29 is 38.9 Å². The van der Waals surface area contributed by atoms with Crippen molar-refractivity contribution in [1.29, 1.82) is 0 Å². The number of aliphatic carboxylic acids is 2. The standard InChI is InChI=1S/C9H12O8S2/c10-6(11)2-16-4(8(14)18)1-5(9(15)19)17-3-7(12)13/h4-5H,1-3H2,(H,10,11)(H,12,13)(H,14,18)(H,15,19). The molecule has 0 aromatic heterocycles. The molecule has 2 atom stereocenters. The van der Waals surface area contributed by atoms with Crippen LogP contribution in [0.15, 0.2) is 0 Å². The fourth-order valence-corrected chi connectivity index (χ4v) is 1.38. The molecule has 0 spiro atoms. The average molecular weight is 312 g/mol. The fourth-order valence-electron chi connectivity index (χ4n) is 1.02. The van der Waals surface area contributed by atoms with E-state index < -0.39 is 47.6 Å². The van der Waals surface area contributed by atoms with Gasteiger partial charge in [-0.2, -0.15) is 0 Å². The van der Waals surface area contributed by atoms with Crippen molar-refractivity contribution in [3.63, 3.8) is 0 Å². The predicted octanol–water partition coefficient (Wildman–Crippen LogP) is -0.771. The molecule has 0 rings (SSSR count). The van der Waals surface area contributed by atoms with Gasteiger partial charge in [0.1, 0.15) is 25.4 Å². The van der Waals surface area contributed by atoms with Gasteiger partial charge in [0.05, 0.1) is 0 Å². The molecular formula is C9H12O8S2. The molecule has 10 heteroatoms. The van der Waals surface area contributed by atoms with E-state index in [1.807, 2.05) is 0 Å². The van der Waals surface area contributed by atoms with E-state index in [1.54, 1.807) is 0 Å². The van der Waals surface area contributed by atoms with Crippen molar-refractivity contribution in [3.05, 3.63) is 0 Å². The lowest BCUT2D eigenvalue weighted by Crippen LogP contribution is -2.33. The molecule has 0 saturated heterocycles. The Hall–Kier alpha value is -1.10. The number of carboxylic acid groups (broad SMARTS) is 2. The van der Waals surface area contributed by atoms with E-state index in [4.69, 9.17) is 19.7 Å². The molecule has 0 heterocycles. The minimum atomic E-state index is -1.31. The number of ether oxygens (including phenoxy) is 2. The topological polar surface area (TPSA) is 127 Å². The minimum absolute atomic E-state index is 0.370. The van der Waals surface area contributed by atoms with Crippen molar-refractivity contribution in [1.82, 2.24) is 0 Å². The van der Waals surface area contributed by atoms with Crippen molar-refractivity contribution in [2.75, 3.05) is 13.2 Å². The van der Waals surface area contributed by atoms with Crippen LogP contribution in [0.3, 0.4) is 0 Å². The normalized spacial score (nSPS) is 13.6. The molecule has 0 amide bonds. The highest BCUT2D eigenvalue weighted by molar-refractivity contribution is 7.97. The maximum atomic E-state index is 11.1. The van der Waals surface area contributed by atoms with Gasteiger partial charge in [0, 0.05) is 6.42 Å². The zero-order valence-corrected chi connectivity index (χ0v) is 11.3. The summed E-state index contributed by atoms with van der Waals surface area (Å²) in [5, 5.41) is 15.2. The maximum absolute atomic E-state index is 11.1. The van der Waals surface area contributed by atoms with Gasteiger partial charge in [-0.3, -0.25) is 9.59 Å². The summed E-state index contributed by atoms with van der Waals surface area (Å²) in [6.07, 6.45) is -2.99. The van der Waals surface area contributed by atoms with E-state index in [0.29, 0.717) is 0 Å². The molecule has 0 aliphatic rings. The van der Waals surface area contributed by atoms with Gasteiger partial charge in [-0.05, 0) is 0 Å². The van der Waals surface area contributed by atoms with E-state index in [1.165, 1.54) is 0 Å². The van der Waals surface area contributed by atoms with Crippen molar-refractivity contribution in [3.8, 4) is 0 Å². The first-order valence-corrected chi connectivity index (χ1v) is 5.76. The lowest BCUT2D eigenvalue weighted by molar-refractivity contribution is -0.149. The summed E-state index contributed by atoms with van der Waals surface area (Å²) >= 11 is 6.96. The predicted molar refractivity (Wildman–Crippen MR) is 67.4 cm³/mol. The summed E-state index contributed by atoms with van der Waals surface area (Å²) in [6.45, 7) is -1.52. The van der Waals surface area contributed by atoms with Gasteiger partial charge < -0.3 is 19.7 Å². The molecule has 0 radical (unpaired) electrons. The fraction of sp³-hybridized carbons (Fsp3) is 0.556. The first-order valence-electron chi connectivity index (χ1n) is 4.86. The molecule has 0 saturated carbocycles. The molecule has 0 aromatic carbocycles. The Balaban J connectivity index is 4.56. The Morgan fingerprint density at radius 1 is 0.842 bits per heavy atom. The third-order valence-corrected chi connectivity index (χ3v) is 2.37. The molecule has 8 nitrogen and oxygen atoms in total. The lowest BCUT2D eigenvalue weighted by Gasteiger charge is -2.18. The van der Waals surface area contributed by atoms with E-state index >= 15 is 0 Å². The molecule has 0 aromatic rings. The molecule has 0 aliphatic carbocycles. The number of carbonyl (C=O) groups is 4. The highest BCUT2D eigenvalue weighted by Crippen LogP contribution is 2.12. The van der Waals surface area contributed by atoms with Gasteiger partial charge in [-0.15, -0.1) is 25.3 Å². The van der Waals surface area contributed by atoms with Crippen LogP contribution in [0.5, 0.6) is 0 Å². The number of rotatable bonds is 10. The summed E-state index contributed by atoms with van der Waals surface area (Å²) in [6, 6.07) is 0. The van der Waals surface area contributed by atoms with Crippen LogP contribution in [0.1, 0.15) is 6.42 Å². The zero-order valence-electron chi connectivity index (χ0n) is 9.51. The van der Waals surface area contributed by atoms with E-state index in [2.05, 4.69) is 25.3 Å². The number of thiol groups is 2. The molecule has 2 N–H and O–H groups in total. The number of hydrogen-bond donors (Lipinski definition) is 4. The smallest absolute Gasteiger partial charge is 0.329 e. The SMILES string of the molecule is O=C(O)COC(CC(OCC(=O)O)C(=O)S)C(=O)S. The van der Waals surface area contributed by atoms with Crippen molar-refractivity contribution in [2.24, 2.45) is 0 Å². The highest BCUT2D eigenvalue weighted by Gasteiger charge is 2.27. The summed E-state index contributed by atoms with van der Waals surface area (Å²) in [5.41, 5.74) is 0. The zero-order chi connectivity index (χ0) is 15.0. The van der Waals surface area contributed by atoms with E-state index in [9.17, 15) is 19.2 Å². The lowest BCUT2D eigenvalue weighted by atomic mass is 10.2. The first-order chi connectivity index (χ1) is 8.73. The Labute approximate surface area is 118 Å². The molecule has 2 unspecified atom stereocenters. The van der Waals surface area contributed by atoms with Crippen LogP contribution in [-0.4, -0.2) is 57.8 Å². The maximum Gasteiger partial charge on any atom is 0.329 e. The summed E-state index contributed by atoms with van der Waals surface area (Å²) in [4.78, 5) is 42.8. The van der Waals surface area contributed by atoms with Crippen LogP contribution in [0.2, 0.25) is 0 Å². The number of carboxylic acids is 2. The molecule has 19 heavy (non-hydrogen) atoms. The molecule has 0 fully saturated rings. The minimum Gasteiger partial charge on any atom is -0.480 e. The molecule has 0 aliphatic heterocycles. The largest absolute Gasteiger partial charge is 0.480 e. The first kappa shape index (κ1) is 17.9. The highest BCUT2D eigenvalue weighted by atomic mass is 32.1. The van der Waals surface area contributed by atoms with Gasteiger partial charge in [-0.25, -0.2) is 9.59 Å². The Morgan fingerprint density at radius 2 is 1.16 bits per heavy atom. The van der Waals surface area contributed by atoms with Crippen LogP contribution in [-0.2, 0) is 28.7 Å². The molecular weight excluding hydrogens is 300 g/mol. The van der Waals surface area contributed by atoms with E-state index in [0.717, 1.165) is 0 Å². The Kier molecular flexibility index (Phi) is 8.39. The van der Waals surface area contributed by atoms with Gasteiger partial charge in [-0.1, -0.05) is 0 Å².